The summed E-state index contributed by atoms with van der Waals surface area (Å²) in [7, 11) is 0. The van der Waals surface area contributed by atoms with Crippen molar-refractivity contribution in [1.29, 1.82) is 0 Å². The molecule has 1 nitrogen and oxygen atoms in total. The molecule has 2 heteroatoms. The van der Waals surface area contributed by atoms with Crippen LogP contribution in [0.3, 0.4) is 0 Å². The summed E-state index contributed by atoms with van der Waals surface area (Å²) in [4.78, 5) is 13.0. The molecular formula is C12H18OS. The third-order valence-corrected chi connectivity index (χ3v) is 4.03. The minimum Gasteiger partial charge on any atom is -0.286 e. The molecular weight excluding hydrogens is 192 g/mol. The largest absolute Gasteiger partial charge is 0.286 e. The van der Waals surface area contributed by atoms with Gasteiger partial charge in [-0.3, -0.25) is 4.79 Å². The second kappa shape index (κ2) is 3.58. The lowest BCUT2D eigenvalue weighted by Gasteiger charge is -2.18. The van der Waals surface area contributed by atoms with Gasteiger partial charge in [-0.1, -0.05) is 44.7 Å². The van der Waals surface area contributed by atoms with Crippen LogP contribution in [-0.2, 0) is 4.79 Å². The Kier molecular flexibility index (Phi) is 2.96. The Morgan fingerprint density at radius 1 is 1.57 bits per heavy atom. The van der Waals surface area contributed by atoms with Crippen LogP contribution in [0.2, 0.25) is 0 Å². The Balaban J connectivity index is 2.97. The van der Waals surface area contributed by atoms with Gasteiger partial charge in [0, 0.05) is 0 Å². The molecule has 78 valence electrons. The molecule has 1 aliphatic heterocycles. The fraction of sp³-hybridized carbons (Fsp3) is 0.583. The van der Waals surface area contributed by atoms with Crippen LogP contribution in [0.15, 0.2) is 23.6 Å². The Morgan fingerprint density at radius 3 is 2.50 bits per heavy atom. The first kappa shape index (κ1) is 11.6. The van der Waals surface area contributed by atoms with Crippen LogP contribution in [0.5, 0.6) is 0 Å². The zero-order valence-corrected chi connectivity index (χ0v) is 10.2. The Morgan fingerprint density at radius 2 is 2.14 bits per heavy atom. The third kappa shape index (κ3) is 2.11. The molecule has 1 heterocycles. The molecule has 1 atom stereocenters. The monoisotopic (exact) mass is 210 g/mol. The zero-order chi connectivity index (χ0) is 11.0. The molecule has 0 aliphatic carbocycles. The Hall–Kier alpha value is -0.500. The van der Waals surface area contributed by atoms with Crippen LogP contribution in [0, 0.1) is 10.8 Å². The van der Waals surface area contributed by atoms with Gasteiger partial charge >= 0.3 is 0 Å². The van der Waals surface area contributed by atoms with Crippen LogP contribution in [-0.4, -0.2) is 5.12 Å². The SMILES string of the molecule is C=CCC1(C)C=C(C(C)(C)C)SC1=O. The average Bonchev–Trinajstić information content (AvgIpc) is 2.28. The first-order valence-electron chi connectivity index (χ1n) is 4.86. The van der Waals surface area contributed by atoms with Gasteiger partial charge in [0.25, 0.3) is 0 Å². The van der Waals surface area contributed by atoms with E-state index < -0.39 is 0 Å². The van der Waals surface area contributed by atoms with Crippen molar-refractivity contribution in [3.63, 3.8) is 0 Å². The van der Waals surface area contributed by atoms with Gasteiger partial charge in [0.2, 0.25) is 5.12 Å². The van der Waals surface area contributed by atoms with Crippen molar-refractivity contribution in [2.24, 2.45) is 10.8 Å². The van der Waals surface area contributed by atoms with E-state index in [0.29, 0.717) is 0 Å². The van der Waals surface area contributed by atoms with E-state index in [-0.39, 0.29) is 15.9 Å². The summed E-state index contributed by atoms with van der Waals surface area (Å²) >= 11 is 1.39. The van der Waals surface area contributed by atoms with Crippen molar-refractivity contribution in [2.75, 3.05) is 0 Å². The first-order valence-corrected chi connectivity index (χ1v) is 5.68. The van der Waals surface area contributed by atoms with Gasteiger partial charge in [-0.2, -0.15) is 0 Å². The Bertz CT molecular complexity index is 296. The minimum absolute atomic E-state index is 0.0826. The molecule has 0 fully saturated rings. The molecule has 0 spiro atoms. The van der Waals surface area contributed by atoms with Gasteiger partial charge in [0.15, 0.2) is 0 Å². The highest BCUT2D eigenvalue weighted by Gasteiger charge is 2.39. The number of hydrogen-bond acceptors (Lipinski definition) is 2. The van der Waals surface area contributed by atoms with E-state index >= 15 is 0 Å². The van der Waals surface area contributed by atoms with Crippen LogP contribution in [0.1, 0.15) is 34.1 Å². The standard InChI is InChI=1S/C12H18OS/c1-6-7-12(5)8-9(11(2,3)4)14-10(12)13/h6,8H,1,7H2,2-5H3. The predicted octanol–water partition coefficient (Wildman–Crippen LogP) is 3.77. The summed E-state index contributed by atoms with van der Waals surface area (Å²) in [5, 5.41) is 0.252. The fourth-order valence-electron chi connectivity index (χ4n) is 1.41. The molecule has 0 saturated heterocycles. The van der Waals surface area contributed by atoms with E-state index in [9.17, 15) is 4.79 Å². The topological polar surface area (TPSA) is 17.1 Å². The summed E-state index contributed by atoms with van der Waals surface area (Å²) in [6.45, 7) is 12.1. The second-order valence-corrected chi connectivity index (χ2v) is 6.07. The van der Waals surface area contributed by atoms with E-state index in [1.807, 2.05) is 13.0 Å². The molecule has 0 bridgehead atoms. The quantitative estimate of drug-likeness (QED) is 0.645. The van der Waals surface area contributed by atoms with Gasteiger partial charge in [0.05, 0.1) is 5.41 Å². The molecule has 14 heavy (non-hydrogen) atoms. The number of rotatable bonds is 2. The van der Waals surface area contributed by atoms with Crippen LogP contribution in [0.25, 0.3) is 0 Å². The maximum atomic E-state index is 11.8. The number of carbonyl (C=O) groups is 1. The highest BCUT2D eigenvalue weighted by atomic mass is 32.2. The molecule has 1 unspecified atom stereocenters. The lowest BCUT2D eigenvalue weighted by molar-refractivity contribution is -0.116. The highest BCUT2D eigenvalue weighted by molar-refractivity contribution is 8.17. The molecule has 0 amide bonds. The number of carbonyl (C=O) groups excluding carboxylic acids is 1. The van der Waals surface area contributed by atoms with Crippen molar-refractivity contribution in [3.05, 3.63) is 23.6 Å². The van der Waals surface area contributed by atoms with Gasteiger partial charge < -0.3 is 0 Å². The van der Waals surface area contributed by atoms with E-state index in [2.05, 4.69) is 33.4 Å². The smallest absolute Gasteiger partial charge is 0.203 e. The first-order chi connectivity index (χ1) is 6.29. The van der Waals surface area contributed by atoms with E-state index in [1.165, 1.54) is 16.7 Å². The van der Waals surface area contributed by atoms with Crippen LogP contribution < -0.4 is 0 Å². The van der Waals surface area contributed by atoms with Crippen molar-refractivity contribution in [3.8, 4) is 0 Å². The number of allylic oxidation sites excluding steroid dienone is 3. The molecule has 0 aromatic heterocycles. The van der Waals surface area contributed by atoms with Gasteiger partial charge in [-0.05, 0) is 23.7 Å². The predicted molar refractivity (Wildman–Crippen MR) is 63.1 cm³/mol. The third-order valence-electron chi connectivity index (χ3n) is 2.43. The maximum absolute atomic E-state index is 11.8. The van der Waals surface area contributed by atoms with E-state index in [1.54, 1.807) is 0 Å². The molecule has 1 rings (SSSR count). The van der Waals surface area contributed by atoms with Gasteiger partial charge in [0.1, 0.15) is 0 Å². The Labute approximate surface area is 90.7 Å². The van der Waals surface area contributed by atoms with Crippen molar-refractivity contribution in [2.45, 2.75) is 34.1 Å². The summed E-state index contributed by atoms with van der Waals surface area (Å²) < 4.78 is 0. The molecule has 0 N–H and O–H groups in total. The lowest BCUT2D eigenvalue weighted by Crippen LogP contribution is -2.17. The number of thioether (sulfide) groups is 1. The maximum Gasteiger partial charge on any atom is 0.203 e. The van der Waals surface area contributed by atoms with Crippen molar-refractivity contribution in [1.82, 2.24) is 0 Å². The summed E-state index contributed by atoms with van der Waals surface area (Å²) in [5.41, 5.74) is -0.242. The summed E-state index contributed by atoms with van der Waals surface area (Å²) in [5.74, 6) is 0. The molecule has 0 radical (unpaired) electrons. The van der Waals surface area contributed by atoms with E-state index in [0.717, 1.165) is 6.42 Å². The highest BCUT2D eigenvalue weighted by Crippen LogP contribution is 2.48. The zero-order valence-electron chi connectivity index (χ0n) is 9.39. The van der Waals surface area contributed by atoms with Crippen molar-refractivity contribution < 1.29 is 4.79 Å². The second-order valence-electron chi connectivity index (χ2n) is 5.06. The molecule has 0 saturated carbocycles. The normalized spacial score (nSPS) is 27.7. The minimum atomic E-state index is -0.324. The van der Waals surface area contributed by atoms with Crippen LogP contribution >= 0.6 is 11.8 Å². The van der Waals surface area contributed by atoms with Crippen LogP contribution in [0.4, 0.5) is 0 Å². The average molecular weight is 210 g/mol. The molecule has 0 aromatic carbocycles. The van der Waals surface area contributed by atoms with Gasteiger partial charge in [-0.15, -0.1) is 6.58 Å². The van der Waals surface area contributed by atoms with Crippen molar-refractivity contribution >= 4 is 16.9 Å². The lowest BCUT2D eigenvalue weighted by atomic mass is 9.84. The summed E-state index contributed by atoms with van der Waals surface area (Å²) in [6, 6.07) is 0. The number of hydrogen-bond donors (Lipinski definition) is 0. The molecule has 0 aromatic rings. The fourth-order valence-corrected chi connectivity index (χ4v) is 2.61. The van der Waals surface area contributed by atoms with Gasteiger partial charge in [-0.25, -0.2) is 0 Å². The summed E-state index contributed by atoms with van der Waals surface area (Å²) in [6.07, 6.45) is 4.67. The molecule has 1 aliphatic rings. The van der Waals surface area contributed by atoms with E-state index in [4.69, 9.17) is 0 Å².